The molecule has 0 radical (unpaired) electrons. The predicted molar refractivity (Wildman–Crippen MR) is 110 cm³/mol. The monoisotopic (exact) mass is 433 g/mol. The second-order valence-corrected chi connectivity index (χ2v) is 7.83. The molecule has 1 aliphatic carbocycles. The maximum Gasteiger partial charge on any atom is 0.416 e. The highest BCUT2D eigenvalue weighted by atomic mass is 19.4. The van der Waals surface area contributed by atoms with Crippen molar-refractivity contribution in [2.24, 2.45) is 0 Å². The van der Waals surface area contributed by atoms with Gasteiger partial charge < -0.3 is 20.1 Å². The number of nitrogens with zero attached hydrogens (tertiary/aromatic N) is 1. The van der Waals surface area contributed by atoms with E-state index in [2.05, 4.69) is 10.6 Å². The van der Waals surface area contributed by atoms with Gasteiger partial charge in [-0.1, -0.05) is 49.6 Å². The average molecular weight is 433 g/mol. The third-order valence-electron chi connectivity index (χ3n) is 5.53. The molecule has 166 valence electrons. The van der Waals surface area contributed by atoms with E-state index in [1.807, 2.05) is 0 Å². The van der Waals surface area contributed by atoms with E-state index in [0.29, 0.717) is 30.3 Å². The standard InChI is InChI=1S/C23H24F3N2O3/c24-23(25,26)16-5-4-8-18(14-16)27-21(22(29)28-17-6-2-1-3-7-17)15-9-10-19-20(13-15)31-12-11-30-19/h4-5,8-10,13-14,17,21H,1-3,6-7,11-12H2,(H,28,29)/q-1. The van der Waals surface area contributed by atoms with Gasteiger partial charge in [0.2, 0.25) is 5.91 Å². The van der Waals surface area contributed by atoms with Gasteiger partial charge in [-0.05, 0) is 36.6 Å². The molecule has 1 atom stereocenters. The molecule has 1 fully saturated rings. The Bertz CT molecular complexity index is 927. The van der Waals surface area contributed by atoms with Crippen LogP contribution in [0.3, 0.4) is 0 Å². The van der Waals surface area contributed by atoms with Gasteiger partial charge in [-0.25, -0.2) is 0 Å². The van der Waals surface area contributed by atoms with Gasteiger partial charge in [0, 0.05) is 6.04 Å². The number of nitrogens with one attached hydrogen (secondary N) is 1. The van der Waals surface area contributed by atoms with Crippen LogP contribution in [0, 0.1) is 0 Å². The molecular formula is C23H24F3N2O3-. The van der Waals surface area contributed by atoms with Crippen molar-refractivity contribution >= 4 is 11.6 Å². The molecule has 0 bridgehead atoms. The zero-order chi connectivity index (χ0) is 21.8. The number of benzene rings is 2. The van der Waals surface area contributed by atoms with Gasteiger partial charge in [-0.15, -0.1) is 5.69 Å². The summed E-state index contributed by atoms with van der Waals surface area (Å²) in [6.45, 7) is 0.826. The molecule has 1 saturated carbocycles. The number of hydrogen-bond donors (Lipinski definition) is 1. The zero-order valence-corrected chi connectivity index (χ0v) is 17.0. The maximum absolute atomic E-state index is 13.2. The molecule has 1 amide bonds. The van der Waals surface area contributed by atoms with Gasteiger partial charge in [0.25, 0.3) is 0 Å². The summed E-state index contributed by atoms with van der Waals surface area (Å²) in [5.74, 6) is 0.736. The van der Waals surface area contributed by atoms with Crippen molar-refractivity contribution in [2.45, 2.75) is 50.4 Å². The van der Waals surface area contributed by atoms with Gasteiger partial charge in [-0.2, -0.15) is 13.2 Å². The predicted octanol–water partition coefficient (Wildman–Crippen LogP) is 5.67. The molecular weight excluding hydrogens is 409 g/mol. The Labute approximate surface area is 178 Å². The second-order valence-electron chi connectivity index (χ2n) is 7.83. The number of hydrogen-bond acceptors (Lipinski definition) is 3. The summed E-state index contributed by atoms with van der Waals surface area (Å²) in [4.78, 5) is 13.2. The molecule has 2 aromatic rings. The molecule has 0 aromatic heterocycles. The quantitative estimate of drug-likeness (QED) is 0.661. The van der Waals surface area contributed by atoms with Gasteiger partial charge in [0.05, 0.1) is 5.56 Å². The van der Waals surface area contributed by atoms with Crippen LogP contribution in [0.4, 0.5) is 18.9 Å². The number of rotatable bonds is 5. The topological polar surface area (TPSA) is 61.7 Å². The van der Waals surface area contributed by atoms with Gasteiger partial charge in [0.15, 0.2) is 11.5 Å². The minimum atomic E-state index is -4.48. The average Bonchev–Trinajstić information content (AvgIpc) is 2.77. The fourth-order valence-electron chi connectivity index (χ4n) is 3.95. The summed E-state index contributed by atoms with van der Waals surface area (Å²) in [7, 11) is 0. The van der Waals surface area contributed by atoms with Crippen LogP contribution in [0.15, 0.2) is 42.5 Å². The van der Waals surface area contributed by atoms with Crippen molar-refractivity contribution in [3.63, 3.8) is 0 Å². The van der Waals surface area contributed by atoms with Crippen LogP contribution < -0.4 is 14.8 Å². The molecule has 1 unspecified atom stereocenters. The van der Waals surface area contributed by atoms with Crippen LogP contribution >= 0.6 is 0 Å². The normalized spacial score (nSPS) is 17.6. The van der Waals surface area contributed by atoms with E-state index in [0.717, 1.165) is 44.2 Å². The molecule has 5 nitrogen and oxygen atoms in total. The number of carbonyl (C=O) groups is 1. The van der Waals surface area contributed by atoms with Crippen molar-refractivity contribution in [3.05, 3.63) is 58.9 Å². The highest BCUT2D eigenvalue weighted by Crippen LogP contribution is 2.39. The highest BCUT2D eigenvalue weighted by Gasteiger charge is 2.30. The number of carbonyl (C=O) groups excluding carboxylic acids is 1. The molecule has 1 heterocycles. The molecule has 1 N–H and O–H groups in total. The lowest BCUT2D eigenvalue weighted by Gasteiger charge is -2.35. The van der Waals surface area contributed by atoms with E-state index in [9.17, 15) is 18.0 Å². The van der Waals surface area contributed by atoms with E-state index in [-0.39, 0.29) is 17.6 Å². The van der Waals surface area contributed by atoms with Crippen LogP contribution in [0.1, 0.15) is 49.3 Å². The Morgan fingerprint density at radius 3 is 2.48 bits per heavy atom. The minimum Gasteiger partial charge on any atom is -0.670 e. The number of halogens is 3. The first-order valence-electron chi connectivity index (χ1n) is 10.5. The highest BCUT2D eigenvalue weighted by molar-refractivity contribution is 5.88. The van der Waals surface area contributed by atoms with Crippen molar-refractivity contribution in [1.29, 1.82) is 0 Å². The summed E-state index contributed by atoms with van der Waals surface area (Å²) in [5.41, 5.74) is -0.175. The molecule has 31 heavy (non-hydrogen) atoms. The van der Waals surface area contributed by atoms with Crippen molar-refractivity contribution in [2.75, 3.05) is 13.2 Å². The van der Waals surface area contributed by atoms with Crippen LogP contribution in [0.5, 0.6) is 11.5 Å². The number of ether oxygens (including phenoxy) is 2. The van der Waals surface area contributed by atoms with Crippen LogP contribution in [-0.2, 0) is 11.0 Å². The van der Waals surface area contributed by atoms with E-state index < -0.39 is 17.8 Å². The minimum absolute atomic E-state index is 0.0534. The Balaban J connectivity index is 1.61. The SMILES string of the molecule is O=C(NC1CCCCC1)C([N-]c1cccc(C(F)(F)F)c1)c1ccc2c(c1)OCCO2. The first kappa shape index (κ1) is 21.3. The molecule has 1 aliphatic heterocycles. The van der Waals surface area contributed by atoms with Crippen molar-refractivity contribution in [1.82, 2.24) is 5.32 Å². The summed E-state index contributed by atoms with van der Waals surface area (Å²) in [6.07, 6.45) is 0.538. The lowest BCUT2D eigenvalue weighted by Crippen LogP contribution is -2.38. The van der Waals surface area contributed by atoms with Crippen LogP contribution in [-0.4, -0.2) is 25.2 Å². The molecule has 4 rings (SSSR count). The van der Waals surface area contributed by atoms with E-state index in [1.165, 1.54) is 12.1 Å². The Morgan fingerprint density at radius 2 is 1.74 bits per heavy atom. The third kappa shape index (κ3) is 5.24. The van der Waals surface area contributed by atoms with Crippen molar-refractivity contribution in [3.8, 4) is 11.5 Å². The lowest BCUT2D eigenvalue weighted by molar-refractivity contribution is -0.137. The van der Waals surface area contributed by atoms with Crippen LogP contribution in [0.25, 0.3) is 5.32 Å². The van der Waals surface area contributed by atoms with E-state index in [1.54, 1.807) is 18.2 Å². The number of fused-ring (bicyclic) bond motifs is 1. The first-order valence-corrected chi connectivity index (χ1v) is 10.5. The zero-order valence-electron chi connectivity index (χ0n) is 17.0. The fourth-order valence-corrected chi connectivity index (χ4v) is 3.95. The smallest absolute Gasteiger partial charge is 0.416 e. The summed E-state index contributed by atoms with van der Waals surface area (Å²) in [6, 6.07) is 8.84. The molecule has 2 aromatic carbocycles. The van der Waals surface area contributed by atoms with E-state index in [4.69, 9.17) is 9.47 Å². The number of alkyl halides is 3. The summed E-state index contributed by atoms with van der Waals surface area (Å²) >= 11 is 0. The van der Waals surface area contributed by atoms with Gasteiger partial charge in [0.1, 0.15) is 13.2 Å². The Morgan fingerprint density at radius 1 is 1.00 bits per heavy atom. The molecule has 0 saturated heterocycles. The Hall–Kier alpha value is -2.90. The van der Waals surface area contributed by atoms with Crippen LogP contribution in [0.2, 0.25) is 0 Å². The summed E-state index contributed by atoms with van der Waals surface area (Å²) < 4.78 is 50.5. The Kier molecular flexibility index (Phi) is 6.25. The molecule has 2 aliphatic rings. The lowest BCUT2D eigenvalue weighted by atomic mass is 9.95. The van der Waals surface area contributed by atoms with E-state index >= 15 is 0 Å². The van der Waals surface area contributed by atoms with Crippen molar-refractivity contribution < 1.29 is 27.4 Å². The largest absolute Gasteiger partial charge is 0.670 e. The molecule has 8 heteroatoms. The van der Waals surface area contributed by atoms with Gasteiger partial charge in [-0.3, -0.25) is 4.79 Å². The number of amides is 1. The first-order chi connectivity index (χ1) is 14.9. The fraction of sp³-hybridized carbons (Fsp3) is 0.435. The summed E-state index contributed by atoms with van der Waals surface area (Å²) in [5, 5.41) is 7.44. The maximum atomic E-state index is 13.2. The van der Waals surface area contributed by atoms with Gasteiger partial charge >= 0.3 is 6.18 Å². The third-order valence-corrected chi connectivity index (χ3v) is 5.53. The molecule has 0 spiro atoms. The second kappa shape index (κ2) is 9.08.